The van der Waals surface area contributed by atoms with Gasteiger partial charge in [0.05, 0.1) is 4.90 Å². The molecule has 0 fully saturated rings. The van der Waals surface area contributed by atoms with Crippen LogP contribution in [0.3, 0.4) is 0 Å². The van der Waals surface area contributed by atoms with E-state index < -0.39 is 16.1 Å². The van der Waals surface area contributed by atoms with Crippen LogP contribution in [-0.4, -0.2) is 19.0 Å². The molecule has 23 heavy (non-hydrogen) atoms. The van der Waals surface area contributed by atoms with Gasteiger partial charge in [-0.05, 0) is 42.0 Å². The minimum atomic E-state index is -4.24. The first-order valence-corrected chi connectivity index (χ1v) is 8.66. The van der Waals surface area contributed by atoms with Gasteiger partial charge in [0.1, 0.15) is 0 Å². The van der Waals surface area contributed by atoms with E-state index in [0.717, 1.165) is 10.0 Å². The molecular weight excluding hydrogens is 384 g/mol. The Labute approximate surface area is 142 Å². The molecule has 0 bridgehead atoms. The van der Waals surface area contributed by atoms with Crippen LogP contribution in [0, 0.1) is 0 Å². The van der Waals surface area contributed by atoms with Crippen LogP contribution < -0.4 is 10.6 Å². The lowest BCUT2D eigenvalue weighted by molar-refractivity contribution is 0.255. The Morgan fingerprint density at radius 1 is 1.09 bits per heavy atom. The van der Waals surface area contributed by atoms with E-state index in [4.69, 9.17) is 4.55 Å². The van der Waals surface area contributed by atoms with Gasteiger partial charge in [0, 0.05) is 16.4 Å². The molecule has 8 heteroatoms. The van der Waals surface area contributed by atoms with E-state index in [2.05, 4.69) is 26.6 Å². The maximum absolute atomic E-state index is 11.7. The molecule has 0 saturated heterocycles. The fraction of sp³-hybridized carbons (Fsp3) is 0. The van der Waals surface area contributed by atoms with Crippen LogP contribution in [0.2, 0.25) is 0 Å². The number of amides is 2. The topological polar surface area (TPSA) is 95.5 Å². The zero-order valence-corrected chi connectivity index (χ0v) is 14.1. The summed E-state index contributed by atoms with van der Waals surface area (Å²) >= 11 is 3.39. The van der Waals surface area contributed by atoms with Crippen molar-refractivity contribution >= 4 is 43.8 Å². The van der Waals surface area contributed by atoms with Gasteiger partial charge < -0.3 is 10.6 Å². The monoisotopic (exact) mass is 396 g/mol. The second-order valence-corrected chi connectivity index (χ2v) is 6.73. The van der Waals surface area contributed by atoms with Crippen molar-refractivity contribution in [2.45, 2.75) is 4.90 Å². The van der Waals surface area contributed by atoms with Crippen molar-refractivity contribution < 1.29 is 17.8 Å². The number of carbonyl (C=O) groups is 1. The molecule has 0 unspecified atom stereocenters. The van der Waals surface area contributed by atoms with Crippen molar-refractivity contribution in [3.8, 4) is 0 Å². The van der Waals surface area contributed by atoms with Gasteiger partial charge in [-0.3, -0.25) is 4.55 Å². The Balaban J connectivity index is 1.94. The van der Waals surface area contributed by atoms with Gasteiger partial charge in [-0.1, -0.05) is 34.1 Å². The van der Waals surface area contributed by atoms with Crippen molar-refractivity contribution in [1.82, 2.24) is 5.32 Å². The lowest BCUT2D eigenvalue weighted by atomic mass is 10.2. The summed E-state index contributed by atoms with van der Waals surface area (Å²) in [5.74, 6) is 0. The number of benzene rings is 2. The highest BCUT2D eigenvalue weighted by molar-refractivity contribution is 9.10. The third-order valence-corrected chi connectivity index (χ3v) is 4.38. The summed E-state index contributed by atoms with van der Waals surface area (Å²) in [5.41, 5.74) is 1.30. The highest BCUT2D eigenvalue weighted by atomic mass is 79.9. The number of carbonyl (C=O) groups excluding carboxylic acids is 1. The number of urea groups is 1. The standard InChI is InChI=1S/C15H13BrN2O4S/c16-14-4-2-1-3-11(14)9-10-17-15(19)18-12-5-7-13(8-6-12)23(20,21)22/h1-10H,(H2,17,18,19)(H,20,21,22)/b10-9+. The molecule has 3 N–H and O–H groups in total. The second-order valence-electron chi connectivity index (χ2n) is 4.45. The summed E-state index contributed by atoms with van der Waals surface area (Å²) in [6.07, 6.45) is 3.22. The molecule has 6 nitrogen and oxygen atoms in total. The number of hydrogen-bond acceptors (Lipinski definition) is 3. The zero-order valence-electron chi connectivity index (χ0n) is 11.7. The van der Waals surface area contributed by atoms with E-state index in [-0.39, 0.29) is 4.90 Å². The maximum Gasteiger partial charge on any atom is 0.323 e. The van der Waals surface area contributed by atoms with Gasteiger partial charge in [0.15, 0.2) is 0 Å². The summed E-state index contributed by atoms with van der Waals surface area (Å²) in [5, 5.41) is 5.06. The lowest BCUT2D eigenvalue weighted by Crippen LogP contribution is -2.23. The van der Waals surface area contributed by atoms with E-state index in [1.165, 1.54) is 30.5 Å². The van der Waals surface area contributed by atoms with Crippen molar-refractivity contribution in [2.75, 3.05) is 5.32 Å². The molecule has 0 spiro atoms. The van der Waals surface area contributed by atoms with Gasteiger partial charge >= 0.3 is 6.03 Å². The average molecular weight is 397 g/mol. The van der Waals surface area contributed by atoms with E-state index in [0.29, 0.717) is 5.69 Å². The number of halogens is 1. The molecule has 0 heterocycles. The van der Waals surface area contributed by atoms with Crippen LogP contribution in [-0.2, 0) is 10.1 Å². The van der Waals surface area contributed by atoms with E-state index in [1.807, 2.05) is 24.3 Å². The molecule has 0 aliphatic rings. The molecule has 2 aromatic rings. The predicted molar refractivity (Wildman–Crippen MR) is 91.6 cm³/mol. The maximum atomic E-state index is 11.7. The zero-order chi connectivity index (χ0) is 16.9. The van der Waals surface area contributed by atoms with Crippen LogP contribution in [0.1, 0.15) is 5.56 Å². The molecule has 0 saturated carbocycles. The molecule has 0 aliphatic heterocycles. The lowest BCUT2D eigenvalue weighted by Gasteiger charge is -2.05. The smallest absolute Gasteiger partial charge is 0.314 e. The van der Waals surface area contributed by atoms with Crippen molar-refractivity contribution in [1.29, 1.82) is 0 Å². The summed E-state index contributed by atoms with van der Waals surface area (Å²) in [4.78, 5) is 11.5. The van der Waals surface area contributed by atoms with Gasteiger partial charge in [-0.15, -0.1) is 0 Å². The molecule has 0 aromatic heterocycles. The number of nitrogens with one attached hydrogen (secondary N) is 2. The highest BCUT2D eigenvalue weighted by Crippen LogP contribution is 2.17. The van der Waals surface area contributed by atoms with Crippen molar-refractivity contribution in [3.05, 3.63) is 64.8 Å². The number of hydrogen-bond donors (Lipinski definition) is 3. The van der Waals surface area contributed by atoms with E-state index in [1.54, 1.807) is 6.08 Å². The Kier molecular flexibility index (Phi) is 5.54. The molecular formula is C15H13BrN2O4S. The SMILES string of the molecule is O=C(N/C=C/c1ccccc1Br)Nc1ccc(S(=O)(=O)O)cc1. The largest absolute Gasteiger partial charge is 0.323 e. The van der Waals surface area contributed by atoms with E-state index in [9.17, 15) is 13.2 Å². The fourth-order valence-corrected chi connectivity index (χ4v) is 2.59. The van der Waals surface area contributed by atoms with Crippen LogP contribution >= 0.6 is 15.9 Å². The van der Waals surface area contributed by atoms with Crippen LogP contribution in [0.4, 0.5) is 10.5 Å². The van der Waals surface area contributed by atoms with Crippen LogP contribution in [0.15, 0.2) is 64.1 Å². The van der Waals surface area contributed by atoms with Gasteiger partial charge in [-0.2, -0.15) is 8.42 Å². The van der Waals surface area contributed by atoms with Crippen LogP contribution in [0.5, 0.6) is 0 Å². The number of rotatable bonds is 4. The van der Waals surface area contributed by atoms with Crippen molar-refractivity contribution in [2.24, 2.45) is 0 Å². The quantitative estimate of drug-likeness (QED) is 0.689. The molecule has 0 radical (unpaired) electrons. The van der Waals surface area contributed by atoms with Crippen molar-refractivity contribution in [3.63, 3.8) is 0 Å². The van der Waals surface area contributed by atoms with Gasteiger partial charge in [-0.25, -0.2) is 4.79 Å². The predicted octanol–water partition coefficient (Wildman–Crippen LogP) is 3.49. The van der Waals surface area contributed by atoms with Crippen LogP contribution in [0.25, 0.3) is 6.08 Å². The Bertz CT molecular complexity index is 833. The molecule has 2 aromatic carbocycles. The average Bonchev–Trinajstić information content (AvgIpc) is 2.49. The molecule has 120 valence electrons. The number of anilines is 1. The minimum Gasteiger partial charge on any atom is -0.314 e. The molecule has 2 rings (SSSR count). The first-order valence-electron chi connectivity index (χ1n) is 6.42. The summed E-state index contributed by atoms with van der Waals surface area (Å²) in [6, 6.07) is 12.2. The molecule has 0 atom stereocenters. The van der Waals surface area contributed by atoms with E-state index >= 15 is 0 Å². The summed E-state index contributed by atoms with van der Waals surface area (Å²) < 4.78 is 31.6. The third-order valence-electron chi connectivity index (χ3n) is 2.79. The van der Waals surface area contributed by atoms with Gasteiger partial charge in [0.25, 0.3) is 10.1 Å². The molecule has 2 amide bonds. The summed E-state index contributed by atoms with van der Waals surface area (Å²) in [7, 11) is -4.24. The highest BCUT2D eigenvalue weighted by Gasteiger charge is 2.08. The fourth-order valence-electron chi connectivity index (χ4n) is 1.69. The Hall–Kier alpha value is -2.16. The first-order chi connectivity index (χ1) is 10.9. The van der Waals surface area contributed by atoms with Gasteiger partial charge in [0.2, 0.25) is 0 Å². The first kappa shape index (κ1) is 17.2. The second kappa shape index (κ2) is 7.40. The summed E-state index contributed by atoms with van der Waals surface area (Å²) in [6.45, 7) is 0. The molecule has 0 aliphatic carbocycles. The Morgan fingerprint density at radius 3 is 2.35 bits per heavy atom. The minimum absolute atomic E-state index is 0.239. The normalized spacial score (nSPS) is 11.4. The Morgan fingerprint density at radius 2 is 1.74 bits per heavy atom. The third kappa shape index (κ3) is 5.20.